The van der Waals surface area contributed by atoms with Crippen LogP contribution in [-0.2, 0) is 0 Å². The van der Waals surface area contributed by atoms with E-state index in [0.717, 1.165) is 11.3 Å². The van der Waals surface area contributed by atoms with Crippen molar-refractivity contribution < 1.29 is 4.74 Å². The topological polar surface area (TPSA) is 35.2 Å². The van der Waals surface area contributed by atoms with Crippen LogP contribution in [0.1, 0.15) is 28.2 Å². The van der Waals surface area contributed by atoms with Crippen LogP contribution in [0.2, 0.25) is 5.02 Å². The lowest BCUT2D eigenvalue weighted by Crippen LogP contribution is -2.14. The van der Waals surface area contributed by atoms with E-state index >= 15 is 0 Å². The van der Waals surface area contributed by atoms with Crippen molar-refractivity contribution in [1.82, 2.24) is 0 Å². The van der Waals surface area contributed by atoms with Gasteiger partial charge in [-0.3, -0.25) is 0 Å². The largest absolute Gasteiger partial charge is 0.494 e. The van der Waals surface area contributed by atoms with Gasteiger partial charge in [0.2, 0.25) is 0 Å². The van der Waals surface area contributed by atoms with Gasteiger partial charge in [-0.1, -0.05) is 11.6 Å². The summed E-state index contributed by atoms with van der Waals surface area (Å²) in [4.78, 5) is 2.54. The minimum Gasteiger partial charge on any atom is -0.494 e. The van der Waals surface area contributed by atoms with Crippen LogP contribution in [0.15, 0.2) is 30.3 Å². The zero-order valence-electron chi connectivity index (χ0n) is 11.2. The summed E-state index contributed by atoms with van der Waals surface area (Å²) < 4.78 is 5.69. The normalized spacial score (nSPS) is 12.4. The predicted octanol–water partition coefficient (Wildman–Crippen LogP) is 4.20. The highest BCUT2D eigenvalue weighted by atomic mass is 35.5. The second-order valence-corrected chi connectivity index (χ2v) is 6.11. The molecule has 2 N–H and O–H groups in total. The third-order valence-electron chi connectivity index (χ3n) is 2.99. The number of ether oxygens (including phenoxy) is 1. The van der Waals surface area contributed by atoms with E-state index in [0.29, 0.717) is 18.2 Å². The fraction of sp³-hybridized carbons (Fsp3) is 0.333. The molecule has 1 aromatic heterocycles. The molecule has 2 aromatic rings. The average molecular weight is 296 g/mol. The van der Waals surface area contributed by atoms with Crippen molar-refractivity contribution in [3.63, 3.8) is 0 Å². The van der Waals surface area contributed by atoms with Gasteiger partial charge < -0.3 is 10.5 Å². The summed E-state index contributed by atoms with van der Waals surface area (Å²) in [5, 5.41) is 0.713. The molecule has 0 saturated carbocycles. The molecule has 2 nitrogen and oxygen atoms in total. The molecule has 0 radical (unpaired) electrons. The van der Waals surface area contributed by atoms with Gasteiger partial charge >= 0.3 is 0 Å². The van der Waals surface area contributed by atoms with Gasteiger partial charge in [-0.25, -0.2) is 0 Å². The summed E-state index contributed by atoms with van der Waals surface area (Å²) in [7, 11) is 0. The van der Waals surface area contributed by atoms with Crippen molar-refractivity contribution in [3.05, 3.63) is 50.7 Å². The third-order valence-corrected chi connectivity index (χ3v) is 4.34. The Labute approximate surface area is 123 Å². The summed E-state index contributed by atoms with van der Waals surface area (Å²) in [6, 6.07) is 9.98. The number of nitrogens with two attached hydrogens (primary N) is 1. The summed E-state index contributed by atoms with van der Waals surface area (Å²) in [5.74, 6) is 1.01. The average Bonchev–Trinajstić information content (AvgIpc) is 2.80. The van der Waals surface area contributed by atoms with Gasteiger partial charge in [0, 0.05) is 32.8 Å². The molecule has 1 aromatic carbocycles. The molecule has 0 fully saturated rings. The van der Waals surface area contributed by atoms with Gasteiger partial charge in [0.15, 0.2) is 0 Å². The van der Waals surface area contributed by atoms with Gasteiger partial charge in [0.25, 0.3) is 0 Å². The van der Waals surface area contributed by atoms with Crippen LogP contribution in [0.3, 0.4) is 0 Å². The number of benzene rings is 1. The molecule has 0 bridgehead atoms. The monoisotopic (exact) mass is 295 g/mol. The summed E-state index contributed by atoms with van der Waals surface area (Å²) in [5.41, 5.74) is 7.04. The SMILES string of the molecule is CCOc1ccc(Cl)cc1C(CN)c1ccc(C)s1. The van der Waals surface area contributed by atoms with Crippen LogP contribution in [0, 0.1) is 6.92 Å². The fourth-order valence-electron chi connectivity index (χ4n) is 2.12. The maximum atomic E-state index is 6.12. The number of thiophene rings is 1. The first-order valence-corrected chi connectivity index (χ1v) is 7.53. The van der Waals surface area contributed by atoms with Gasteiger partial charge in [-0.2, -0.15) is 0 Å². The van der Waals surface area contributed by atoms with E-state index in [1.165, 1.54) is 9.75 Å². The van der Waals surface area contributed by atoms with Crippen molar-refractivity contribution in [2.75, 3.05) is 13.2 Å². The van der Waals surface area contributed by atoms with Crippen molar-refractivity contribution >= 4 is 22.9 Å². The number of hydrogen-bond acceptors (Lipinski definition) is 3. The molecule has 0 spiro atoms. The van der Waals surface area contributed by atoms with E-state index in [4.69, 9.17) is 22.1 Å². The molecule has 102 valence electrons. The first kappa shape index (κ1) is 14.4. The molecule has 0 aliphatic heterocycles. The zero-order chi connectivity index (χ0) is 13.8. The number of rotatable bonds is 5. The van der Waals surface area contributed by atoms with Crippen molar-refractivity contribution in [3.8, 4) is 5.75 Å². The maximum absolute atomic E-state index is 6.12. The maximum Gasteiger partial charge on any atom is 0.123 e. The van der Waals surface area contributed by atoms with Gasteiger partial charge in [0.1, 0.15) is 5.75 Å². The molecule has 4 heteroatoms. The number of hydrogen-bond donors (Lipinski definition) is 1. The van der Waals surface area contributed by atoms with Gasteiger partial charge in [-0.15, -0.1) is 11.3 Å². The minimum absolute atomic E-state index is 0.138. The standard InChI is InChI=1S/C15H18ClNOS/c1-3-18-14-6-5-11(16)8-12(14)13(9-17)15-7-4-10(2)19-15/h4-8,13H,3,9,17H2,1-2H3. The van der Waals surface area contributed by atoms with E-state index in [-0.39, 0.29) is 5.92 Å². The van der Waals surface area contributed by atoms with E-state index in [9.17, 15) is 0 Å². The highest BCUT2D eigenvalue weighted by Crippen LogP contribution is 2.36. The second-order valence-electron chi connectivity index (χ2n) is 4.35. The van der Waals surface area contributed by atoms with Crippen LogP contribution in [0.5, 0.6) is 5.75 Å². The Hall–Kier alpha value is -1.03. The molecule has 19 heavy (non-hydrogen) atoms. The quantitative estimate of drug-likeness (QED) is 0.897. The molecular weight excluding hydrogens is 278 g/mol. The highest BCUT2D eigenvalue weighted by Gasteiger charge is 2.19. The van der Waals surface area contributed by atoms with Crippen molar-refractivity contribution in [2.24, 2.45) is 5.73 Å². The Morgan fingerprint density at radius 2 is 2.11 bits per heavy atom. The van der Waals surface area contributed by atoms with Crippen molar-refractivity contribution in [1.29, 1.82) is 0 Å². The number of halogens is 1. The van der Waals surface area contributed by atoms with E-state index in [2.05, 4.69) is 19.1 Å². The summed E-state index contributed by atoms with van der Waals surface area (Å²) in [6.45, 7) is 5.25. The third kappa shape index (κ3) is 3.30. The van der Waals surface area contributed by atoms with Crippen LogP contribution >= 0.6 is 22.9 Å². The molecule has 1 atom stereocenters. The molecule has 1 heterocycles. The zero-order valence-corrected chi connectivity index (χ0v) is 12.7. The smallest absolute Gasteiger partial charge is 0.123 e. The van der Waals surface area contributed by atoms with Gasteiger partial charge in [-0.05, 0) is 44.2 Å². The molecule has 0 aliphatic rings. The molecule has 2 rings (SSSR count). The molecule has 0 aliphatic carbocycles. The Bertz CT molecular complexity index is 553. The predicted molar refractivity (Wildman–Crippen MR) is 82.6 cm³/mol. The van der Waals surface area contributed by atoms with Crippen LogP contribution in [-0.4, -0.2) is 13.2 Å². The molecular formula is C15H18ClNOS. The first-order valence-electron chi connectivity index (χ1n) is 6.34. The Morgan fingerprint density at radius 3 is 2.68 bits per heavy atom. The van der Waals surface area contributed by atoms with E-state index in [1.54, 1.807) is 11.3 Å². The highest BCUT2D eigenvalue weighted by molar-refractivity contribution is 7.12. The van der Waals surface area contributed by atoms with E-state index in [1.807, 2.05) is 25.1 Å². The van der Waals surface area contributed by atoms with E-state index < -0.39 is 0 Å². The molecule has 0 saturated heterocycles. The van der Waals surface area contributed by atoms with Gasteiger partial charge in [0.05, 0.1) is 6.61 Å². The molecule has 1 unspecified atom stereocenters. The summed E-state index contributed by atoms with van der Waals surface area (Å²) >= 11 is 7.89. The number of aryl methyl sites for hydroxylation is 1. The molecule has 0 amide bonds. The van der Waals surface area contributed by atoms with Crippen LogP contribution in [0.4, 0.5) is 0 Å². The summed E-state index contributed by atoms with van der Waals surface area (Å²) in [6.07, 6.45) is 0. The minimum atomic E-state index is 0.138. The lowest BCUT2D eigenvalue weighted by molar-refractivity contribution is 0.335. The first-order chi connectivity index (χ1) is 9.15. The Morgan fingerprint density at radius 1 is 1.32 bits per heavy atom. The van der Waals surface area contributed by atoms with Crippen LogP contribution < -0.4 is 10.5 Å². The second kappa shape index (κ2) is 6.42. The lowest BCUT2D eigenvalue weighted by Gasteiger charge is -2.18. The Balaban J connectivity index is 2.44. The van der Waals surface area contributed by atoms with Crippen molar-refractivity contribution in [2.45, 2.75) is 19.8 Å². The fourth-order valence-corrected chi connectivity index (χ4v) is 3.31. The Kier molecular flexibility index (Phi) is 4.86. The van der Waals surface area contributed by atoms with Crippen LogP contribution in [0.25, 0.3) is 0 Å². The lowest BCUT2D eigenvalue weighted by atomic mass is 9.96.